The van der Waals surface area contributed by atoms with Gasteiger partial charge in [-0.3, -0.25) is 4.79 Å². The maximum atomic E-state index is 12.5. The van der Waals surface area contributed by atoms with Gasteiger partial charge in [0, 0.05) is 29.9 Å². The molecule has 0 atom stereocenters. The van der Waals surface area contributed by atoms with Crippen molar-refractivity contribution in [3.8, 4) is 11.5 Å². The molecule has 6 heteroatoms. The van der Waals surface area contributed by atoms with Crippen molar-refractivity contribution in [2.75, 3.05) is 23.7 Å². The number of ketones is 1. The maximum Gasteiger partial charge on any atom is 0.277 e. The molecule has 3 rings (SSSR count). The summed E-state index contributed by atoms with van der Waals surface area (Å²) in [6.45, 7) is 10.2. The van der Waals surface area contributed by atoms with Gasteiger partial charge in [-0.05, 0) is 57.5 Å². The summed E-state index contributed by atoms with van der Waals surface area (Å²) in [6, 6.07) is 13.9. The fourth-order valence-corrected chi connectivity index (χ4v) is 3.77. The molecule has 0 aliphatic carbocycles. The van der Waals surface area contributed by atoms with E-state index < -0.39 is 0 Å². The standard InChI is InChI=1S/C22H25N3O2S/c1-5-25(6-2)18-10-8-17(9-11-18)21-23-24-22(27-21)28-14-20(26)19-12-7-15(3)13-16(19)4/h7-13H,5-6,14H2,1-4H3. The highest BCUT2D eigenvalue weighted by atomic mass is 32.2. The summed E-state index contributed by atoms with van der Waals surface area (Å²) in [7, 11) is 0. The summed E-state index contributed by atoms with van der Waals surface area (Å²) in [5.41, 5.74) is 4.92. The van der Waals surface area contributed by atoms with Crippen LogP contribution in [0, 0.1) is 13.8 Å². The van der Waals surface area contributed by atoms with Gasteiger partial charge in [0.2, 0.25) is 5.89 Å². The average Bonchev–Trinajstić information content (AvgIpc) is 3.17. The van der Waals surface area contributed by atoms with E-state index in [4.69, 9.17) is 4.42 Å². The highest BCUT2D eigenvalue weighted by Crippen LogP contribution is 2.26. The smallest absolute Gasteiger partial charge is 0.277 e. The van der Waals surface area contributed by atoms with Crippen LogP contribution in [0.4, 0.5) is 5.69 Å². The predicted octanol–water partition coefficient (Wildman–Crippen LogP) is 5.17. The lowest BCUT2D eigenvalue weighted by Gasteiger charge is -2.20. The van der Waals surface area contributed by atoms with Gasteiger partial charge in [-0.2, -0.15) is 0 Å². The third-order valence-electron chi connectivity index (χ3n) is 4.66. The Bertz CT molecular complexity index is 947. The molecule has 0 spiro atoms. The number of carbonyl (C=O) groups is 1. The quantitative estimate of drug-likeness (QED) is 0.387. The number of rotatable bonds is 8. The molecule has 0 fully saturated rings. The molecule has 28 heavy (non-hydrogen) atoms. The zero-order chi connectivity index (χ0) is 20.1. The Morgan fingerprint density at radius 1 is 1.04 bits per heavy atom. The lowest BCUT2D eigenvalue weighted by molar-refractivity contribution is 0.102. The number of nitrogens with zero attached hydrogens (tertiary/aromatic N) is 3. The lowest BCUT2D eigenvalue weighted by atomic mass is 10.0. The van der Waals surface area contributed by atoms with Crippen LogP contribution < -0.4 is 4.90 Å². The number of hydrogen-bond acceptors (Lipinski definition) is 6. The molecule has 0 aliphatic heterocycles. The molecule has 0 bridgehead atoms. The summed E-state index contributed by atoms with van der Waals surface area (Å²) < 4.78 is 5.73. The van der Waals surface area contributed by atoms with E-state index in [2.05, 4.69) is 41.1 Å². The predicted molar refractivity (Wildman–Crippen MR) is 114 cm³/mol. The summed E-state index contributed by atoms with van der Waals surface area (Å²) in [6.07, 6.45) is 0. The molecular formula is C22H25N3O2S. The van der Waals surface area contributed by atoms with Crippen LogP contribution in [0.3, 0.4) is 0 Å². The van der Waals surface area contributed by atoms with Gasteiger partial charge in [-0.1, -0.05) is 35.5 Å². The number of Topliss-reactive ketones (excluding diaryl/α,β-unsaturated/α-hetero) is 1. The van der Waals surface area contributed by atoms with Gasteiger partial charge in [0.1, 0.15) is 0 Å². The van der Waals surface area contributed by atoms with Crippen molar-refractivity contribution < 1.29 is 9.21 Å². The minimum Gasteiger partial charge on any atom is -0.411 e. The average molecular weight is 396 g/mol. The van der Waals surface area contributed by atoms with Crippen LogP contribution >= 0.6 is 11.8 Å². The van der Waals surface area contributed by atoms with Crippen molar-refractivity contribution in [2.24, 2.45) is 0 Å². The summed E-state index contributed by atoms with van der Waals surface area (Å²) in [5, 5.41) is 8.59. The Morgan fingerprint density at radius 2 is 1.75 bits per heavy atom. The second-order valence-corrected chi connectivity index (χ2v) is 7.55. The molecular weight excluding hydrogens is 370 g/mol. The number of benzene rings is 2. The lowest BCUT2D eigenvalue weighted by Crippen LogP contribution is -2.21. The van der Waals surface area contributed by atoms with Crippen molar-refractivity contribution in [1.82, 2.24) is 10.2 Å². The van der Waals surface area contributed by atoms with Gasteiger partial charge in [-0.15, -0.1) is 10.2 Å². The molecule has 0 amide bonds. The zero-order valence-corrected chi connectivity index (χ0v) is 17.5. The Hall–Kier alpha value is -2.60. The monoisotopic (exact) mass is 395 g/mol. The summed E-state index contributed by atoms with van der Waals surface area (Å²) >= 11 is 1.27. The van der Waals surface area contributed by atoms with E-state index in [1.54, 1.807) is 0 Å². The van der Waals surface area contributed by atoms with Crippen LogP contribution in [-0.4, -0.2) is 34.8 Å². The van der Waals surface area contributed by atoms with Gasteiger partial charge in [0.25, 0.3) is 5.22 Å². The van der Waals surface area contributed by atoms with E-state index in [0.29, 0.717) is 11.1 Å². The second kappa shape index (κ2) is 9.06. The largest absolute Gasteiger partial charge is 0.411 e. The third kappa shape index (κ3) is 4.62. The number of carbonyl (C=O) groups excluding carboxylic acids is 1. The molecule has 5 nitrogen and oxygen atoms in total. The fraction of sp³-hybridized carbons (Fsp3) is 0.318. The Balaban J connectivity index is 1.65. The van der Waals surface area contributed by atoms with Crippen molar-refractivity contribution in [3.05, 3.63) is 59.2 Å². The van der Waals surface area contributed by atoms with Crippen LogP contribution in [0.1, 0.15) is 35.3 Å². The van der Waals surface area contributed by atoms with E-state index in [0.717, 1.165) is 35.3 Å². The van der Waals surface area contributed by atoms with Gasteiger partial charge >= 0.3 is 0 Å². The maximum absolute atomic E-state index is 12.5. The molecule has 0 radical (unpaired) electrons. The van der Waals surface area contributed by atoms with Gasteiger partial charge in [0.05, 0.1) is 5.75 Å². The molecule has 0 aliphatic rings. The number of anilines is 1. The van der Waals surface area contributed by atoms with Crippen LogP contribution in [0.15, 0.2) is 52.1 Å². The van der Waals surface area contributed by atoms with Gasteiger partial charge in [0.15, 0.2) is 5.78 Å². The van der Waals surface area contributed by atoms with E-state index in [1.165, 1.54) is 17.4 Å². The highest BCUT2D eigenvalue weighted by molar-refractivity contribution is 7.99. The molecule has 2 aromatic carbocycles. The molecule has 0 saturated heterocycles. The van der Waals surface area contributed by atoms with Crippen molar-refractivity contribution in [3.63, 3.8) is 0 Å². The first-order valence-corrected chi connectivity index (χ1v) is 10.4. The minimum absolute atomic E-state index is 0.0609. The normalized spacial score (nSPS) is 10.9. The number of aromatic nitrogens is 2. The Labute approximate surface area is 170 Å². The molecule has 1 aromatic heterocycles. The SMILES string of the molecule is CCN(CC)c1ccc(-c2nnc(SCC(=O)c3ccc(C)cc3C)o2)cc1. The molecule has 0 saturated carbocycles. The molecule has 146 valence electrons. The number of thioether (sulfide) groups is 1. The topological polar surface area (TPSA) is 59.2 Å². The second-order valence-electron chi connectivity index (χ2n) is 6.62. The first kappa shape index (κ1) is 20.1. The molecule has 3 aromatic rings. The molecule has 0 unspecified atom stereocenters. The number of aryl methyl sites for hydroxylation is 2. The first-order chi connectivity index (χ1) is 13.5. The zero-order valence-electron chi connectivity index (χ0n) is 16.7. The van der Waals surface area contributed by atoms with E-state index in [-0.39, 0.29) is 11.5 Å². The van der Waals surface area contributed by atoms with E-state index in [1.807, 2.05) is 44.2 Å². The Morgan fingerprint density at radius 3 is 2.39 bits per heavy atom. The molecule has 1 heterocycles. The Kier molecular flexibility index (Phi) is 6.52. The summed E-state index contributed by atoms with van der Waals surface area (Å²) in [5.74, 6) is 0.797. The van der Waals surface area contributed by atoms with Gasteiger partial charge < -0.3 is 9.32 Å². The van der Waals surface area contributed by atoms with Gasteiger partial charge in [-0.25, -0.2) is 0 Å². The fourth-order valence-electron chi connectivity index (χ4n) is 3.12. The third-order valence-corrected chi connectivity index (χ3v) is 5.48. The molecule has 0 N–H and O–H groups in total. The van der Waals surface area contributed by atoms with Crippen LogP contribution in [0.5, 0.6) is 0 Å². The summed E-state index contributed by atoms with van der Waals surface area (Å²) in [4.78, 5) is 14.7. The van der Waals surface area contributed by atoms with E-state index >= 15 is 0 Å². The van der Waals surface area contributed by atoms with Crippen molar-refractivity contribution >= 4 is 23.2 Å². The van der Waals surface area contributed by atoms with E-state index in [9.17, 15) is 4.79 Å². The van der Waals surface area contributed by atoms with Crippen molar-refractivity contribution in [1.29, 1.82) is 0 Å². The highest BCUT2D eigenvalue weighted by Gasteiger charge is 2.14. The number of hydrogen-bond donors (Lipinski definition) is 0. The van der Waals surface area contributed by atoms with Crippen LogP contribution in [0.25, 0.3) is 11.5 Å². The van der Waals surface area contributed by atoms with Crippen LogP contribution in [0.2, 0.25) is 0 Å². The first-order valence-electron chi connectivity index (χ1n) is 9.44. The minimum atomic E-state index is 0.0609. The van der Waals surface area contributed by atoms with Crippen LogP contribution in [-0.2, 0) is 0 Å². The van der Waals surface area contributed by atoms with Crippen molar-refractivity contribution in [2.45, 2.75) is 32.9 Å².